The van der Waals surface area contributed by atoms with Crippen molar-refractivity contribution in [1.29, 1.82) is 0 Å². The molecule has 2 aromatic heterocycles. The molecule has 0 saturated carbocycles. The van der Waals surface area contributed by atoms with E-state index in [4.69, 9.17) is 5.73 Å². The molecule has 0 fully saturated rings. The number of nitrogens with one attached hydrogen (secondary N) is 1. The van der Waals surface area contributed by atoms with Crippen molar-refractivity contribution in [2.75, 3.05) is 12.3 Å². The summed E-state index contributed by atoms with van der Waals surface area (Å²) in [4.78, 5) is 11.8. The van der Waals surface area contributed by atoms with Crippen molar-refractivity contribution >= 4 is 23.1 Å². The largest absolute Gasteiger partial charge is 0.383 e. The van der Waals surface area contributed by atoms with Gasteiger partial charge in [0.15, 0.2) is 0 Å². The Bertz CT molecular complexity index is 504. The third-order valence-corrected chi connectivity index (χ3v) is 3.24. The van der Waals surface area contributed by atoms with Crippen LogP contribution in [0.25, 0.3) is 0 Å². The molecule has 90 valence electrons. The van der Waals surface area contributed by atoms with Gasteiger partial charge in [-0.25, -0.2) is 0 Å². The Kier molecular flexibility index (Phi) is 3.43. The van der Waals surface area contributed by atoms with Crippen LogP contribution in [-0.4, -0.2) is 22.2 Å². The Labute approximate surface area is 103 Å². The summed E-state index contributed by atoms with van der Waals surface area (Å²) in [5.74, 6) is 0.212. The zero-order valence-electron chi connectivity index (χ0n) is 9.51. The number of aryl methyl sites for hydroxylation is 1. The number of amides is 1. The first-order chi connectivity index (χ1) is 8.18. The highest BCUT2D eigenvalue weighted by molar-refractivity contribution is 7.07. The van der Waals surface area contributed by atoms with Gasteiger partial charge in [0.05, 0.1) is 6.20 Å². The zero-order valence-corrected chi connectivity index (χ0v) is 10.3. The van der Waals surface area contributed by atoms with Crippen LogP contribution < -0.4 is 11.1 Å². The maximum atomic E-state index is 11.8. The maximum Gasteiger partial charge on any atom is 0.256 e. The van der Waals surface area contributed by atoms with Crippen LogP contribution in [0.5, 0.6) is 0 Å². The van der Waals surface area contributed by atoms with E-state index in [9.17, 15) is 4.79 Å². The van der Waals surface area contributed by atoms with Crippen LogP contribution in [0.15, 0.2) is 23.0 Å². The number of aromatic nitrogens is 2. The summed E-state index contributed by atoms with van der Waals surface area (Å²) in [6.07, 6.45) is 2.31. The van der Waals surface area contributed by atoms with Gasteiger partial charge >= 0.3 is 0 Å². The number of anilines is 1. The molecule has 0 saturated heterocycles. The molecule has 2 heterocycles. The van der Waals surface area contributed by atoms with Crippen molar-refractivity contribution in [3.8, 4) is 0 Å². The number of nitrogens with two attached hydrogens (primary N) is 1. The molecule has 6 heteroatoms. The van der Waals surface area contributed by atoms with E-state index < -0.39 is 0 Å². The Morgan fingerprint density at radius 2 is 2.47 bits per heavy atom. The van der Waals surface area contributed by atoms with Gasteiger partial charge in [0, 0.05) is 13.6 Å². The number of rotatable bonds is 4. The Morgan fingerprint density at radius 3 is 3.06 bits per heavy atom. The number of nitrogens with zero attached hydrogens (tertiary/aromatic N) is 2. The van der Waals surface area contributed by atoms with Crippen molar-refractivity contribution in [3.05, 3.63) is 34.2 Å². The Morgan fingerprint density at radius 1 is 1.65 bits per heavy atom. The van der Waals surface area contributed by atoms with Gasteiger partial charge in [-0.1, -0.05) is 0 Å². The van der Waals surface area contributed by atoms with Crippen molar-refractivity contribution in [2.24, 2.45) is 7.05 Å². The lowest BCUT2D eigenvalue weighted by Gasteiger charge is -2.03. The molecule has 0 bridgehead atoms. The van der Waals surface area contributed by atoms with E-state index in [0.717, 1.165) is 6.42 Å². The van der Waals surface area contributed by atoms with Gasteiger partial charge in [-0.15, -0.1) is 0 Å². The zero-order chi connectivity index (χ0) is 12.3. The molecule has 2 rings (SSSR count). The number of nitrogen functional groups attached to an aromatic ring is 1. The lowest BCUT2D eigenvalue weighted by atomic mass is 10.2. The first kappa shape index (κ1) is 11.7. The summed E-state index contributed by atoms with van der Waals surface area (Å²) < 4.78 is 1.48. The van der Waals surface area contributed by atoms with Gasteiger partial charge in [0.25, 0.3) is 5.91 Å². The van der Waals surface area contributed by atoms with Crippen molar-refractivity contribution in [3.63, 3.8) is 0 Å². The van der Waals surface area contributed by atoms with Gasteiger partial charge in [-0.3, -0.25) is 9.48 Å². The summed E-state index contributed by atoms with van der Waals surface area (Å²) in [6.45, 7) is 0.601. The van der Waals surface area contributed by atoms with E-state index in [1.165, 1.54) is 16.4 Å². The van der Waals surface area contributed by atoms with E-state index in [2.05, 4.69) is 21.9 Å². The first-order valence-electron chi connectivity index (χ1n) is 5.25. The van der Waals surface area contributed by atoms with E-state index in [-0.39, 0.29) is 5.91 Å². The van der Waals surface area contributed by atoms with Crippen molar-refractivity contribution in [1.82, 2.24) is 15.1 Å². The number of hydrogen-bond acceptors (Lipinski definition) is 4. The average molecular weight is 250 g/mol. The van der Waals surface area contributed by atoms with E-state index in [1.807, 2.05) is 5.38 Å². The molecule has 5 nitrogen and oxygen atoms in total. The van der Waals surface area contributed by atoms with Gasteiger partial charge < -0.3 is 11.1 Å². The van der Waals surface area contributed by atoms with Crippen LogP contribution >= 0.6 is 11.3 Å². The SMILES string of the molecule is Cn1ncc(C(=O)NCCc2ccsc2)c1N. The standard InChI is InChI=1S/C11H14N4OS/c1-15-10(12)9(6-14-15)11(16)13-4-2-8-3-5-17-7-8/h3,5-7H,2,4,12H2,1H3,(H,13,16). The molecule has 0 radical (unpaired) electrons. The van der Waals surface area contributed by atoms with Gasteiger partial charge in [-0.2, -0.15) is 16.4 Å². The molecule has 3 N–H and O–H groups in total. The minimum Gasteiger partial charge on any atom is -0.383 e. The first-order valence-corrected chi connectivity index (χ1v) is 6.19. The second-order valence-electron chi connectivity index (χ2n) is 3.70. The lowest BCUT2D eigenvalue weighted by Crippen LogP contribution is -2.26. The van der Waals surface area contributed by atoms with Gasteiger partial charge in [-0.05, 0) is 28.8 Å². The summed E-state index contributed by atoms with van der Waals surface area (Å²) in [6, 6.07) is 2.05. The highest BCUT2D eigenvalue weighted by Gasteiger charge is 2.12. The normalized spacial score (nSPS) is 10.4. The fraction of sp³-hybridized carbons (Fsp3) is 0.273. The Balaban J connectivity index is 1.87. The molecule has 0 unspecified atom stereocenters. The monoisotopic (exact) mass is 250 g/mol. The molecule has 0 aromatic carbocycles. The molecular weight excluding hydrogens is 236 g/mol. The second kappa shape index (κ2) is 5.01. The molecule has 0 aliphatic rings. The summed E-state index contributed by atoms with van der Waals surface area (Å²) >= 11 is 1.65. The fourth-order valence-corrected chi connectivity index (χ4v) is 2.18. The number of hydrogen-bond donors (Lipinski definition) is 2. The van der Waals surface area contributed by atoms with Gasteiger partial charge in [0.2, 0.25) is 0 Å². The van der Waals surface area contributed by atoms with Crippen LogP contribution in [0.1, 0.15) is 15.9 Å². The van der Waals surface area contributed by atoms with Crippen LogP contribution in [0.2, 0.25) is 0 Å². The predicted molar refractivity (Wildman–Crippen MR) is 68.0 cm³/mol. The molecule has 0 aliphatic carbocycles. The van der Waals surface area contributed by atoms with Crippen molar-refractivity contribution < 1.29 is 4.79 Å². The molecule has 2 aromatic rings. The van der Waals surface area contributed by atoms with E-state index in [0.29, 0.717) is 17.9 Å². The maximum absolute atomic E-state index is 11.8. The molecular formula is C11H14N4OS. The number of thiophene rings is 1. The predicted octanol–water partition coefficient (Wildman–Crippen LogP) is 1.04. The fourth-order valence-electron chi connectivity index (χ4n) is 1.47. The molecule has 17 heavy (non-hydrogen) atoms. The highest BCUT2D eigenvalue weighted by Crippen LogP contribution is 2.09. The minimum atomic E-state index is -0.175. The Hall–Kier alpha value is -1.82. The number of carbonyl (C=O) groups excluding carboxylic acids is 1. The lowest BCUT2D eigenvalue weighted by molar-refractivity contribution is 0.0955. The average Bonchev–Trinajstić information content (AvgIpc) is 2.91. The molecule has 0 aliphatic heterocycles. The van der Waals surface area contributed by atoms with Crippen LogP contribution in [0.4, 0.5) is 5.82 Å². The van der Waals surface area contributed by atoms with Crippen LogP contribution in [-0.2, 0) is 13.5 Å². The topological polar surface area (TPSA) is 72.9 Å². The number of carbonyl (C=O) groups is 1. The smallest absolute Gasteiger partial charge is 0.256 e. The second-order valence-corrected chi connectivity index (χ2v) is 4.48. The van der Waals surface area contributed by atoms with Crippen LogP contribution in [0.3, 0.4) is 0 Å². The summed E-state index contributed by atoms with van der Waals surface area (Å²) in [7, 11) is 1.71. The third kappa shape index (κ3) is 2.65. The highest BCUT2D eigenvalue weighted by atomic mass is 32.1. The molecule has 1 amide bonds. The quantitative estimate of drug-likeness (QED) is 0.851. The molecule has 0 spiro atoms. The third-order valence-electron chi connectivity index (χ3n) is 2.51. The summed E-state index contributed by atoms with van der Waals surface area (Å²) in [5.41, 5.74) is 7.37. The van der Waals surface area contributed by atoms with Crippen molar-refractivity contribution in [2.45, 2.75) is 6.42 Å². The van der Waals surface area contributed by atoms with E-state index in [1.54, 1.807) is 18.4 Å². The summed E-state index contributed by atoms with van der Waals surface area (Å²) in [5, 5.41) is 10.8. The van der Waals surface area contributed by atoms with Crippen LogP contribution in [0, 0.1) is 0 Å². The minimum absolute atomic E-state index is 0.175. The molecule has 0 atom stereocenters. The van der Waals surface area contributed by atoms with E-state index >= 15 is 0 Å². The van der Waals surface area contributed by atoms with Gasteiger partial charge in [0.1, 0.15) is 11.4 Å².